The van der Waals surface area contributed by atoms with E-state index in [0.29, 0.717) is 31.7 Å². The minimum Gasteiger partial charge on any atom is -0.493 e. The maximum absolute atomic E-state index is 12.0. The molecule has 1 aliphatic heterocycles. The smallest absolute Gasteiger partial charge is 0.309 e. The van der Waals surface area contributed by atoms with E-state index in [1.165, 1.54) is 0 Å². The van der Waals surface area contributed by atoms with Crippen LogP contribution < -0.4 is 10.5 Å². The van der Waals surface area contributed by atoms with Crippen LogP contribution in [0.2, 0.25) is 0 Å². The molecule has 1 saturated heterocycles. The predicted molar refractivity (Wildman–Crippen MR) is 90.7 cm³/mol. The molecule has 1 heterocycles. The first-order valence-electron chi connectivity index (χ1n) is 8.38. The zero-order valence-electron chi connectivity index (χ0n) is 14.4. The highest BCUT2D eigenvalue weighted by Crippen LogP contribution is 2.16. The maximum Gasteiger partial charge on any atom is 0.309 e. The van der Waals surface area contributed by atoms with Gasteiger partial charge in [-0.25, -0.2) is 0 Å². The Morgan fingerprint density at radius 2 is 1.80 bits per heavy atom. The SMILES string of the molecule is Cc1ccc(OCCC(=O)OCC(=O)N2CCC(C(N)=O)CC2)cc1. The molecule has 0 unspecified atom stereocenters. The summed E-state index contributed by atoms with van der Waals surface area (Å²) in [6.45, 7) is 2.81. The topological polar surface area (TPSA) is 98.9 Å². The molecule has 136 valence electrons. The molecule has 2 amide bonds. The lowest BCUT2D eigenvalue weighted by Crippen LogP contribution is -2.43. The van der Waals surface area contributed by atoms with Crippen molar-refractivity contribution >= 4 is 17.8 Å². The van der Waals surface area contributed by atoms with Gasteiger partial charge in [0.25, 0.3) is 5.91 Å². The van der Waals surface area contributed by atoms with Crippen LogP contribution in [0.5, 0.6) is 5.75 Å². The van der Waals surface area contributed by atoms with Gasteiger partial charge in [-0.2, -0.15) is 0 Å². The molecule has 25 heavy (non-hydrogen) atoms. The van der Waals surface area contributed by atoms with Gasteiger partial charge in [0.1, 0.15) is 5.75 Å². The molecule has 7 heteroatoms. The van der Waals surface area contributed by atoms with E-state index in [0.717, 1.165) is 5.56 Å². The summed E-state index contributed by atoms with van der Waals surface area (Å²) in [5.74, 6) is -0.548. The summed E-state index contributed by atoms with van der Waals surface area (Å²) < 4.78 is 10.4. The average Bonchev–Trinajstić information content (AvgIpc) is 2.61. The second kappa shape index (κ2) is 9.05. The summed E-state index contributed by atoms with van der Waals surface area (Å²) in [7, 11) is 0. The summed E-state index contributed by atoms with van der Waals surface area (Å²) in [6.07, 6.45) is 1.18. The third-order valence-corrected chi connectivity index (χ3v) is 4.20. The Morgan fingerprint density at radius 3 is 2.40 bits per heavy atom. The molecule has 1 aromatic carbocycles. The van der Waals surface area contributed by atoms with Gasteiger partial charge in [-0.15, -0.1) is 0 Å². The first-order chi connectivity index (χ1) is 12.0. The number of nitrogens with two attached hydrogens (primary N) is 1. The molecular formula is C18H24N2O5. The highest BCUT2D eigenvalue weighted by atomic mass is 16.5. The molecule has 1 fully saturated rings. The molecule has 0 atom stereocenters. The third kappa shape index (κ3) is 6.10. The molecule has 0 aromatic heterocycles. The van der Waals surface area contributed by atoms with Crippen LogP contribution in [-0.4, -0.2) is 49.0 Å². The summed E-state index contributed by atoms with van der Waals surface area (Å²) in [5.41, 5.74) is 6.39. The Hall–Kier alpha value is -2.57. The van der Waals surface area contributed by atoms with Gasteiger partial charge in [-0.1, -0.05) is 17.7 Å². The summed E-state index contributed by atoms with van der Waals surface area (Å²) in [5, 5.41) is 0. The Balaban J connectivity index is 1.62. The van der Waals surface area contributed by atoms with Gasteiger partial charge in [0.15, 0.2) is 6.61 Å². The minimum absolute atomic E-state index is 0.0743. The van der Waals surface area contributed by atoms with E-state index in [9.17, 15) is 14.4 Å². The highest BCUT2D eigenvalue weighted by molar-refractivity contribution is 5.81. The Bertz CT molecular complexity index is 606. The second-order valence-electron chi connectivity index (χ2n) is 6.13. The molecule has 2 N–H and O–H groups in total. The van der Waals surface area contributed by atoms with Crippen molar-refractivity contribution in [3.05, 3.63) is 29.8 Å². The second-order valence-corrected chi connectivity index (χ2v) is 6.13. The lowest BCUT2D eigenvalue weighted by molar-refractivity contribution is -0.153. The van der Waals surface area contributed by atoms with Crippen molar-refractivity contribution in [2.24, 2.45) is 11.7 Å². The number of esters is 1. The zero-order chi connectivity index (χ0) is 18.2. The van der Waals surface area contributed by atoms with Crippen LogP contribution in [-0.2, 0) is 19.1 Å². The van der Waals surface area contributed by atoms with E-state index in [4.69, 9.17) is 15.2 Å². The van der Waals surface area contributed by atoms with E-state index in [2.05, 4.69) is 0 Å². The van der Waals surface area contributed by atoms with Crippen LogP contribution in [0, 0.1) is 12.8 Å². The predicted octanol–water partition coefficient (Wildman–Crippen LogP) is 1.03. The number of hydrogen-bond acceptors (Lipinski definition) is 5. The Kier molecular flexibility index (Phi) is 6.80. The zero-order valence-corrected chi connectivity index (χ0v) is 14.4. The number of likely N-dealkylation sites (tertiary alicyclic amines) is 1. The van der Waals surface area contributed by atoms with E-state index in [1.54, 1.807) is 4.90 Å². The first kappa shape index (κ1) is 18.8. The fourth-order valence-corrected chi connectivity index (χ4v) is 2.61. The van der Waals surface area contributed by atoms with Crippen molar-refractivity contribution in [3.8, 4) is 5.75 Å². The van der Waals surface area contributed by atoms with Crippen molar-refractivity contribution < 1.29 is 23.9 Å². The molecule has 1 aliphatic rings. The maximum atomic E-state index is 12.0. The van der Waals surface area contributed by atoms with Crippen LogP contribution in [0.1, 0.15) is 24.8 Å². The van der Waals surface area contributed by atoms with Gasteiger partial charge >= 0.3 is 5.97 Å². The Labute approximate surface area is 147 Å². The highest BCUT2D eigenvalue weighted by Gasteiger charge is 2.26. The first-order valence-corrected chi connectivity index (χ1v) is 8.38. The van der Waals surface area contributed by atoms with Gasteiger partial charge in [0.2, 0.25) is 5.91 Å². The lowest BCUT2D eigenvalue weighted by atomic mass is 9.96. The van der Waals surface area contributed by atoms with Crippen LogP contribution in [0.15, 0.2) is 24.3 Å². The average molecular weight is 348 g/mol. The quantitative estimate of drug-likeness (QED) is 0.742. The van der Waals surface area contributed by atoms with Crippen LogP contribution >= 0.6 is 0 Å². The normalized spacial score (nSPS) is 14.8. The van der Waals surface area contributed by atoms with Gasteiger partial charge in [0, 0.05) is 19.0 Å². The molecule has 0 spiro atoms. The number of amides is 2. The Morgan fingerprint density at radius 1 is 1.16 bits per heavy atom. The van der Waals surface area contributed by atoms with Crippen molar-refractivity contribution in [3.63, 3.8) is 0 Å². The van der Waals surface area contributed by atoms with Crippen LogP contribution in [0.4, 0.5) is 0 Å². The van der Waals surface area contributed by atoms with E-state index in [1.807, 2.05) is 31.2 Å². The van der Waals surface area contributed by atoms with Crippen molar-refractivity contribution in [2.45, 2.75) is 26.2 Å². The number of aryl methyl sites for hydroxylation is 1. The molecule has 0 saturated carbocycles. The van der Waals surface area contributed by atoms with Crippen molar-refractivity contribution in [2.75, 3.05) is 26.3 Å². The molecule has 1 aromatic rings. The molecule has 0 aliphatic carbocycles. The number of carbonyl (C=O) groups is 3. The van der Waals surface area contributed by atoms with E-state index < -0.39 is 5.97 Å². The molecule has 0 radical (unpaired) electrons. The summed E-state index contributed by atoms with van der Waals surface area (Å²) in [6, 6.07) is 7.52. The molecular weight excluding hydrogens is 324 g/mol. The number of rotatable bonds is 7. The fourth-order valence-electron chi connectivity index (χ4n) is 2.61. The van der Waals surface area contributed by atoms with E-state index in [-0.39, 0.29) is 37.4 Å². The summed E-state index contributed by atoms with van der Waals surface area (Å²) >= 11 is 0. The van der Waals surface area contributed by atoms with Gasteiger partial charge in [0.05, 0.1) is 13.0 Å². The largest absolute Gasteiger partial charge is 0.493 e. The summed E-state index contributed by atoms with van der Waals surface area (Å²) in [4.78, 5) is 36.4. The van der Waals surface area contributed by atoms with Gasteiger partial charge < -0.3 is 20.1 Å². The standard InChI is InChI=1S/C18H24N2O5/c1-13-2-4-15(5-3-13)24-11-8-17(22)25-12-16(21)20-9-6-14(7-10-20)18(19)23/h2-5,14H,6-12H2,1H3,(H2,19,23). The number of carbonyl (C=O) groups excluding carboxylic acids is 3. The van der Waals surface area contributed by atoms with E-state index >= 15 is 0 Å². The van der Waals surface area contributed by atoms with Crippen molar-refractivity contribution in [1.29, 1.82) is 0 Å². The minimum atomic E-state index is -0.479. The number of hydrogen-bond donors (Lipinski definition) is 1. The number of ether oxygens (including phenoxy) is 2. The van der Waals surface area contributed by atoms with Gasteiger partial charge in [-0.05, 0) is 31.9 Å². The lowest BCUT2D eigenvalue weighted by Gasteiger charge is -2.30. The van der Waals surface area contributed by atoms with Crippen molar-refractivity contribution in [1.82, 2.24) is 4.90 Å². The van der Waals surface area contributed by atoms with Crippen LogP contribution in [0.3, 0.4) is 0 Å². The molecule has 2 rings (SSSR count). The fraction of sp³-hybridized carbons (Fsp3) is 0.500. The molecule has 7 nitrogen and oxygen atoms in total. The van der Waals surface area contributed by atoms with Gasteiger partial charge in [-0.3, -0.25) is 14.4 Å². The number of piperidine rings is 1. The monoisotopic (exact) mass is 348 g/mol. The molecule has 0 bridgehead atoms. The third-order valence-electron chi connectivity index (χ3n) is 4.20. The number of benzene rings is 1. The van der Waals surface area contributed by atoms with Crippen LogP contribution in [0.25, 0.3) is 0 Å². The number of nitrogens with zero attached hydrogens (tertiary/aromatic N) is 1. The number of primary amides is 1.